The van der Waals surface area contributed by atoms with Gasteiger partial charge in [-0.25, -0.2) is 8.42 Å². The molecule has 1 rings (SSSR count). The van der Waals surface area contributed by atoms with Crippen molar-refractivity contribution in [2.24, 2.45) is 0 Å². The summed E-state index contributed by atoms with van der Waals surface area (Å²) in [7, 11) is 0.722. The zero-order valence-electron chi connectivity index (χ0n) is 8.12. The fraction of sp³-hybridized carbons (Fsp3) is 0.222. The standard InChI is InChI=1S/C9H5ClF3NO2S/c10-17(15,16)7-2-1-6(3-4-14)8(5-7)9(11,12)13/h1-2,5H,3H2. The third-order valence-corrected chi connectivity index (χ3v) is 3.29. The van der Waals surface area contributed by atoms with Crippen LogP contribution in [-0.2, 0) is 21.6 Å². The molecular weight excluding hydrogens is 279 g/mol. The maximum absolute atomic E-state index is 12.6. The summed E-state index contributed by atoms with van der Waals surface area (Å²) in [5.74, 6) is 0. The van der Waals surface area contributed by atoms with Crippen LogP contribution in [0.4, 0.5) is 13.2 Å². The van der Waals surface area contributed by atoms with Crippen molar-refractivity contribution < 1.29 is 21.6 Å². The topological polar surface area (TPSA) is 57.9 Å². The highest BCUT2D eigenvalue weighted by molar-refractivity contribution is 8.13. The Morgan fingerprint density at radius 1 is 1.35 bits per heavy atom. The molecule has 0 N–H and O–H groups in total. The van der Waals surface area contributed by atoms with Crippen molar-refractivity contribution in [2.45, 2.75) is 17.5 Å². The van der Waals surface area contributed by atoms with Gasteiger partial charge in [-0.3, -0.25) is 0 Å². The summed E-state index contributed by atoms with van der Waals surface area (Å²) in [6.07, 6.45) is -5.19. The Labute approximate surface area is 99.8 Å². The molecule has 0 aromatic heterocycles. The van der Waals surface area contributed by atoms with Gasteiger partial charge in [-0.05, 0) is 17.7 Å². The van der Waals surface area contributed by atoms with Crippen LogP contribution in [0.1, 0.15) is 11.1 Å². The predicted octanol–water partition coefficient (Wildman–Crippen LogP) is 2.70. The van der Waals surface area contributed by atoms with Crippen LogP contribution in [0.15, 0.2) is 23.1 Å². The minimum atomic E-state index is -4.73. The molecule has 17 heavy (non-hydrogen) atoms. The van der Waals surface area contributed by atoms with Crippen LogP contribution < -0.4 is 0 Å². The van der Waals surface area contributed by atoms with Crippen LogP contribution in [0.25, 0.3) is 0 Å². The Hall–Kier alpha value is -1.26. The number of nitriles is 1. The van der Waals surface area contributed by atoms with Crippen molar-refractivity contribution in [3.05, 3.63) is 29.3 Å². The first-order chi connectivity index (χ1) is 7.66. The fourth-order valence-electron chi connectivity index (χ4n) is 1.21. The second-order valence-corrected chi connectivity index (χ2v) is 5.66. The quantitative estimate of drug-likeness (QED) is 0.784. The van der Waals surface area contributed by atoms with E-state index in [0.29, 0.717) is 6.07 Å². The van der Waals surface area contributed by atoms with Gasteiger partial charge in [-0.1, -0.05) is 6.07 Å². The van der Waals surface area contributed by atoms with Crippen molar-refractivity contribution in [1.82, 2.24) is 0 Å². The van der Waals surface area contributed by atoms with Gasteiger partial charge in [-0.15, -0.1) is 0 Å². The van der Waals surface area contributed by atoms with Crippen molar-refractivity contribution in [1.29, 1.82) is 5.26 Å². The van der Waals surface area contributed by atoms with Gasteiger partial charge in [0.25, 0.3) is 9.05 Å². The number of hydrogen-bond acceptors (Lipinski definition) is 3. The molecule has 1 aromatic rings. The number of rotatable bonds is 2. The first-order valence-electron chi connectivity index (χ1n) is 4.18. The normalized spacial score (nSPS) is 12.2. The molecule has 0 radical (unpaired) electrons. The molecular formula is C9H5ClF3NO2S. The highest BCUT2D eigenvalue weighted by Gasteiger charge is 2.34. The molecule has 0 spiro atoms. The molecule has 0 saturated heterocycles. The highest BCUT2D eigenvalue weighted by atomic mass is 35.7. The Morgan fingerprint density at radius 2 is 1.94 bits per heavy atom. The third-order valence-electron chi connectivity index (χ3n) is 1.94. The van der Waals surface area contributed by atoms with Crippen LogP contribution in [0.3, 0.4) is 0 Å². The lowest BCUT2D eigenvalue weighted by molar-refractivity contribution is -0.138. The number of nitrogens with zero attached hydrogens (tertiary/aromatic N) is 1. The van der Waals surface area contributed by atoms with E-state index in [1.165, 1.54) is 0 Å². The fourth-order valence-corrected chi connectivity index (χ4v) is 1.99. The third kappa shape index (κ3) is 3.35. The molecule has 0 amide bonds. The summed E-state index contributed by atoms with van der Waals surface area (Å²) in [6.45, 7) is 0. The van der Waals surface area contributed by atoms with Crippen LogP contribution in [-0.4, -0.2) is 8.42 Å². The molecule has 0 bridgehead atoms. The monoisotopic (exact) mass is 283 g/mol. The Balaban J connectivity index is 3.46. The lowest BCUT2D eigenvalue weighted by Crippen LogP contribution is -2.10. The number of alkyl halides is 3. The zero-order valence-corrected chi connectivity index (χ0v) is 9.70. The largest absolute Gasteiger partial charge is 0.416 e. The first-order valence-corrected chi connectivity index (χ1v) is 6.49. The molecule has 92 valence electrons. The average molecular weight is 284 g/mol. The molecule has 0 atom stereocenters. The minimum Gasteiger partial charge on any atom is -0.207 e. The van der Waals surface area contributed by atoms with Crippen LogP contribution in [0.5, 0.6) is 0 Å². The molecule has 3 nitrogen and oxygen atoms in total. The smallest absolute Gasteiger partial charge is 0.207 e. The molecule has 0 aliphatic rings. The van der Waals surface area contributed by atoms with Crippen molar-refractivity contribution in [2.75, 3.05) is 0 Å². The molecule has 0 aliphatic heterocycles. The molecule has 0 unspecified atom stereocenters. The van der Waals surface area contributed by atoms with Gasteiger partial charge in [0.2, 0.25) is 0 Å². The van der Waals surface area contributed by atoms with E-state index in [0.717, 1.165) is 12.1 Å². The summed E-state index contributed by atoms with van der Waals surface area (Å²) in [4.78, 5) is -0.645. The lowest BCUT2D eigenvalue weighted by Gasteiger charge is -2.11. The Morgan fingerprint density at radius 3 is 2.35 bits per heavy atom. The average Bonchev–Trinajstić information content (AvgIpc) is 2.15. The van der Waals surface area contributed by atoms with Crippen LogP contribution in [0.2, 0.25) is 0 Å². The summed E-state index contributed by atoms with van der Waals surface area (Å²) >= 11 is 0. The van der Waals surface area contributed by atoms with E-state index >= 15 is 0 Å². The predicted molar refractivity (Wildman–Crippen MR) is 53.8 cm³/mol. The van der Waals surface area contributed by atoms with Crippen LogP contribution >= 0.6 is 10.7 Å². The van der Waals surface area contributed by atoms with Crippen molar-refractivity contribution in [3.8, 4) is 6.07 Å². The van der Waals surface area contributed by atoms with Crippen LogP contribution in [0, 0.1) is 11.3 Å². The highest BCUT2D eigenvalue weighted by Crippen LogP contribution is 2.34. The summed E-state index contributed by atoms with van der Waals surface area (Å²) < 4.78 is 59.6. The Bertz CT molecular complexity index is 575. The van der Waals surface area contributed by atoms with Gasteiger partial charge >= 0.3 is 6.18 Å². The summed E-state index contributed by atoms with van der Waals surface area (Å²) in [5, 5.41) is 8.38. The van der Waals surface area contributed by atoms with E-state index in [1.807, 2.05) is 0 Å². The van der Waals surface area contributed by atoms with E-state index in [4.69, 9.17) is 15.9 Å². The molecule has 8 heteroatoms. The lowest BCUT2D eigenvalue weighted by atomic mass is 10.1. The number of hydrogen-bond donors (Lipinski definition) is 0. The molecule has 0 saturated carbocycles. The molecule has 0 fully saturated rings. The van der Waals surface area contributed by atoms with E-state index < -0.39 is 32.1 Å². The van der Waals surface area contributed by atoms with Crippen molar-refractivity contribution >= 4 is 19.7 Å². The number of halogens is 4. The second kappa shape index (κ2) is 4.55. The van der Waals surface area contributed by atoms with E-state index in [1.54, 1.807) is 6.07 Å². The summed E-state index contributed by atoms with van der Waals surface area (Å²) in [6, 6.07) is 3.86. The van der Waals surface area contributed by atoms with E-state index in [9.17, 15) is 21.6 Å². The maximum Gasteiger partial charge on any atom is 0.416 e. The SMILES string of the molecule is N#CCc1ccc(S(=O)(=O)Cl)cc1C(F)(F)F. The van der Waals surface area contributed by atoms with Gasteiger partial charge in [0.15, 0.2) is 0 Å². The van der Waals surface area contributed by atoms with Gasteiger partial charge in [0.1, 0.15) is 0 Å². The van der Waals surface area contributed by atoms with E-state index in [2.05, 4.69) is 0 Å². The van der Waals surface area contributed by atoms with E-state index in [-0.39, 0.29) is 5.56 Å². The van der Waals surface area contributed by atoms with Crippen molar-refractivity contribution in [3.63, 3.8) is 0 Å². The zero-order chi connectivity index (χ0) is 13.3. The van der Waals surface area contributed by atoms with Gasteiger partial charge in [0.05, 0.1) is 22.9 Å². The van der Waals surface area contributed by atoms with Gasteiger partial charge in [0, 0.05) is 10.7 Å². The minimum absolute atomic E-state index is 0.288. The van der Waals surface area contributed by atoms with Gasteiger partial charge < -0.3 is 0 Å². The molecule has 0 aliphatic carbocycles. The van der Waals surface area contributed by atoms with Gasteiger partial charge in [-0.2, -0.15) is 18.4 Å². The Kier molecular flexibility index (Phi) is 3.69. The first kappa shape index (κ1) is 13.8. The molecule has 1 aromatic carbocycles. The molecule has 0 heterocycles. The maximum atomic E-state index is 12.6. The summed E-state index contributed by atoms with van der Waals surface area (Å²) in [5.41, 5.74) is -1.45. The number of benzene rings is 1. The second-order valence-electron chi connectivity index (χ2n) is 3.09.